The topological polar surface area (TPSA) is 58.2 Å². The largest absolute Gasteiger partial charge is 0.354 e. The van der Waals surface area contributed by atoms with Crippen LogP contribution in [0.3, 0.4) is 0 Å². The maximum atomic E-state index is 13.4. The van der Waals surface area contributed by atoms with Crippen LogP contribution in [0.15, 0.2) is 48.5 Å². The summed E-state index contributed by atoms with van der Waals surface area (Å²) >= 11 is 5.89. The summed E-state index contributed by atoms with van der Waals surface area (Å²) in [4.78, 5) is 23.4. The number of benzene rings is 2. The van der Waals surface area contributed by atoms with Crippen molar-refractivity contribution < 1.29 is 14.0 Å². The maximum absolute atomic E-state index is 13.4. The highest BCUT2D eigenvalue weighted by Gasteiger charge is 2.09. The Morgan fingerprint density at radius 2 is 1.79 bits per heavy atom. The van der Waals surface area contributed by atoms with Crippen molar-refractivity contribution in [2.45, 2.75) is 12.8 Å². The van der Waals surface area contributed by atoms with Crippen LogP contribution in [0.2, 0.25) is 5.02 Å². The number of hydrogen-bond donors (Lipinski definition) is 2. The van der Waals surface area contributed by atoms with Gasteiger partial charge in [0.2, 0.25) is 11.8 Å². The molecule has 0 saturated heterocycles. The van der Waals surface area contributed by atoms with E-state index in [-0.39, 0.29) is 18.9 Å². The van der Waals surface area contributed by atoms with Gasteiger partial charge in [-0.25, -0.2) is 4.39 Å². The molecule has 0 atom stereocenters. The Hall–Kier alpha value is -2.40. The number of carbonyl (C=O) groups is 2. The fourth-order valence-electron chi connectivity index (χ4n) is 2.16. The Bertz CT molecular complexity index is 722. The molecule has 0 unspecified atom stereocenters. The summed E-state index contributed by atoms with van der Waals surface area (Å²) in [6.07, 6.45) is 0.554. The summed E-state index contributed by atoms with van der Waals surface area (Å²) in [7, 11) is 0. The van der Waals surface area contributed by atoms with Gasteiger partial charge in [-0.3, -0.25) is 9.59 Å². The normalized spacial score (nSPS) is 10.2. The first-order valence-corrected chi connectivity index (χ1v) is 7.93. The van der Waals surface area contributed by atoms with Gasteiger partial charge < -0.3 is 10.6 Å². The Kier molecular flexibility index (Phi) is 6.75. The minimum Gasteiger partial charge on any atom is -0.354 e. The summed E-state index contributed by atoms with van der Waals surface area (Å²) in [6.45, 7) is 0.311. The van der Waals surface area contributed by atoms with Crippen molar-refractivity contribution in [3.05, 3.63) is 70.5 Å². The third-order valence-electron chi connectivity index (χ3n) is 3.38. The van der Waals surface area contributed by atoms with Gasteiger partial charge in [0.1, 0.15) is 5.82 Å². The average molecular weight is 349 g/mol. The molecule has 0 fully saturated rings. The molecule has 0 spiro atoms. The monoisotopic (exact) mass is 348 g/mol. The lowest BCUT2D eigenvalue weighted by molar-refractivity contribution is -0.125. The molecule has 2 rings (SSSR count). The van der Waals surface area contributed by atoms with Gasteiger partial charge in [-0.2, -0.15) is 0 Å². The first-order chi connectivity index (χ1) is 11.5. The molecule has 0 heterocycles. The molecule has 24 heavy (non-hydrogen) atoms. The van der Waals surface area contributed by atoms with E-state index in [4.69, 9.17) is 11.6 Å². The summed E-state index contributed by atoms with van der Waals surface area (Å²) in [5, 5.41) is 5.84. The van der Waals surface area contributed by atoms with Crippen LogP contribution < -0.4 is 10.6 Å². The highest BCUT2D eigenvalue weighted by atomic mass is 35.5. The second-order valence-corrected chi connectivity index (χ2v) is 5.71. The van der Waals surface area contributed by atoms with Gasteiger partial charge in [-0.1, -0.05) is 41.9 Å². The Labute approximate surface area is 145 Å². The van der Waals surface area contributed by atoms with Crippen LogP contribution in [-0.2, 0) is 22.4 Å². The van der Waals surface area contributed by atoms with Gasteiger partial charge in [-0.15, -0.1) is 0 Å². The van der Waals surface area contributed by atoms with Crippen molar-refractivity contribution in [1.82, 2.24) is 10.6 Å². The fraction of sp³-hybridized carbons (Fsp3) is 0.222. The minimum atomic E-state index is -0.432. The van der Waals surface area contributed by atoms with Crippen molar-refractivity contribution in [2.24, 2.45) is 0 Å². The van der Waals surface area contributed by atoms with Gasteiger partial charge in [-0.05, 0) is 35.7 Å². The number of nitrogens with one attached hydrogen (secondary N) is 2. The first kappa shape index (κ1) is 17.9. The zero-order valence-electron chi connectivity index (χ0n) is 13.0. The average Bonchev–Trinajstić information content (AvgIpc) is 2.55. The maximum Gasteiger partial charge on any atom is 0.239 e. The Morgan fingerprint density at radius 1 is 1.00 bits per heavy atom. The highest BCUT2D eigenvalue weighted by molar-refractivity contribution is 6.30. The molecule has 2 amide bonds. The zero-order valence-corrected chi connectivity index (χ0v) is 13.8. The van der Waals surface area contributed by atoms with E-state index in [1.165, 1.54) is 6.07 Å². The van der Waals surface area contributed by atoms with Gasteiger partial charge in [0.05, 0.1) is 13.0 Å². The number of halogens is 2. The molecule has 2 aromatic rings. The molecule has 0 aromatic heterocycles. The molecular formula is C18H18ClFN2O2. The van der Waals surface area contributed by atoms with E-state index in [1.54, 1.807) is 24.3 Å². The second-order valence-electron chi connectivity index (χ2n) is 5.27. The standard InChI is InChI=1S/C18H18ClFN2O2/c19-15-6-3-4-13(10-15)8-9-21-18(24)12-22-17(23)11-14-5-1-2-7-16(14)20/h1-7,10H,8-9,11-12H2,(H,21,24)(H,22,23). The third kappa shape index (κ3) is 6.01. The lowest BCUT2D eigenvalue weighted by atomic mass is 10.1. The van der Waals surface area contributed by atoms with Crippen molar-refractivity contribution >= 4 is 23.4 Å². The molecule has 0 aliphatic carbocycles. The lowest BCUT2D eigenvalue weighted by Crippen LogP contribution is -2.38. The minimum absolute atomic E-state index is 0.0948. The van der Waals surface area contributed by atoms with Crippen LogP contribution in [-0.4, -0.2) is 24.9 Å². The van der Waals surface area contributed by atoms with Crippen LogP contribution in [0, 0.1) is 5.82 Å². The quantitative estimate of drug-likeness (QED) is 0.807. The molecule has 126 valence electrons. The molecule has 6 heteroatoms. The van der Waals surface area contributed by atoms with Crippen molar-refractivity contribution in [1.29, 1.82) is 0 Å². The summed E-state index contributed by atoms with van der Waals surface area (Å²) < 4.78 is 13.4. The summed E-state index contributed by atoms with van der Waals surface area (Å²) in [5.41, 5.74) is 1.32. The number of hydrogen-bond acceptors (Lipinski definition) is 2. The second kappa shape index (κ2) is 9.03. The van der Waals surface area contributed by atoms with Gasteiger partial charge >= 0.3 is 0 Å². The fourth-order valence-corrected chi connectivity index (χ4v) is 2.37. The number of rotatable bonds is 7. The summed E-state index contributed by atoms with van der Waals surface area (Å²) in [5.74, 6) is -1.12. The molecule has 0 saturated carbocycles. The molecule has 0 radical (unpaired) electrons. The molecule has 0 aliphatic heterocycles. The molecule has 2 aromatic carbocycles. The molecule has 0 aliphatic rings. The van der Waals surface area contributed by atoms with E-state index in [0.29, 0.717) is 23.6 Å². The zero-order chi connectivity index (χ0) is 17.4. The predicted octanol–water partition coefficient (Wildman–Crippen LogP) is 2.50. The molecule has 2 N–H and O–H groups in total. The molecule has 4 nitrogen and oxygen atoms in total. The van der Waals surface area contributed by atoms with Gasteiger partial charge in [0.15, 0.2) is 0 Å². The Balaban J connectivity index is 1.67. The van der Waals surface area contributed by atoms with Gasteiger partial charge in [0, 0.05) is 11.6 Å². The predicted molar refractivity (Wildman–Crippen MR) is 91.3 cm³/mol. The van der Waals surface area contributed by atoms with E-state index < -0.39 is 11.7 Å². The lowest BCUT2D eigenvalue weighted by Gasteiger charge is -2.08. The van der Waals surface area contributed by atoms with Crippen molar-refractivity contribution in [2.75, 3.05) is 13.1 Å². The molecule has 0 bridgehead atoms. The van der Waals surface area contributed by atoms with E-state index in [2.05, 4.69) is 10.6 Å². The van der Waals surface area contributed by atoms with Crippen LogP contribution in [0.5, 0.6) is 0 Å². The van der Waals surface area contributed by atoms with Crippen LogP contribution in [0.25, 0.3) is 0 Å². The van der Waals surface area contributed by atoms with Crippen molar-refractivity contribution in [3.63, 3.8) is 0 Å². The van der Waals surface area contributed by atoms with E-state index >= 15 is 0 Å². The Morgan fingerprint density at radius 3 is 2.54 bits per heavy atom. The van der Waals surface area contributed by atoms with E-state index in [1.807, 2.05) is 18.2 Å². The third-order valence-corrected chi connectivity index (χ3v) is 3.61. The number of carbonyl (C=O) groups excluding carboxylic acids is 2. The SMILES string of the molecule is O=C(CNC(=O)Cc1ccccc1F)NCCc1cccc(Cl)c1. The van der Waals surface area contributed by atoms with Gasteiger partial charge in [0.25, 0.3) is 0 Å². The van der Waals surface area contributed by atoms with E-state index in [0.717, 1.165) is 5.56 Å². The van der Waals surface area contributed by atoms with Crippen LogP contribution >= 0.6 is 11.6 Å². The van der Waals surface area contributed by atoms with Crippen LogP contribution in [0.1, 0.15) is 11.1 Å². The number of amides is 2. The summed E-state index contributed by atoms with van der Waals surface area (Å²) in [6, 6.07) is 13.5. The highest BCUT2D eigenvalue weighted by Crippen LogP contribution is 2.10. The van der Waals surface area contributed by atoms with Crippen LogP contribution in [0.4, 0.5) is 4.39 Å². The molecular weight excluding hydrogens is 331 g/mol. The van der Waals surface area contributed by atoms with E-state index in [9.17, 15) is 14.0 Å². The smallest absolute Gasteiger partial charge is 0.239 e. The van der Waals surface area contributed by atoms with Crippen molar-refractivity contribution in [3.8, 4) is 0 Å². The first-order valence-electron chi connectivity index (χ1n) is 7.56.